The van der Waals surface area contributed by atoms with Crippen LogP contribution in [-0.2, 0) is 6.18 Å². The molecule has 0 unspecified atom stereocenters. The second-order valence-corrected chi connectivity index (χ2v) is 7.73. The minimum Gasteiger partial charge on any atom is -0.398 e. The van der Waals surface area contributed by atoms with Gasteiger partial charge in [0.1, 0.15) is 5.69 Å². The van der Waals surface area contributed by atoms with E-state index in [0.29, 0.717) is 34.1 Å². The highest BCUT2D eigenvalue weighted by Crippen LogP contribution is 2.45. The predicted molar refractivity (Wildman–Crippen MR) is 102 cm³/mol. The number of rotatable bonds is 6. The van der Waals surface area contributed by atoms with Gasteiger partial charge in [-0.25, -0.2) is 4.98 Å². The number of fused-ring (bicyclic) bond motifs is 1. The fourth-order valence-corrected chi connectivity index (χ4v) is 3.76. The fourth-order valence-electron chi connectivity index (χ4n) is 3.03. The Labute approximate surface area is 162 Å². The van der Waals surface area contributed by atoms with Crippen molar-refractivity contribution in [2.24, 2.45) is 0 Å². The summed E-state index contributed by atoms with van der Waals surface area (Å²) in [6.45, 7) is 0.561. The molecule has 1 aromatic carbocycles. The first-order valence-electron chi connectivity index (χ1n) is 8.87. The Hall–Kier alpha value is -2.46. The summed E-state index contributed by atoms with van der Waals surface area (Å²) in [6, 6.07) is 4.45. The Morgan fingerprint density at radius 2 is 2.00 bits per heavy atom. The van der Waals surface area contributed by atoms with E-state index in [9.17, 15) is 13.2 Å². The third-order valence-electron chi connectivity index (χ3n) is 4.58. The van der Waals surface area contributed by atoms with E-state index in [4.69, 9.17) is 10.8 Å². The van der Waals surface area contributed by atoms with Crippen LogP contribution in [0.3, 0.4) is 0 Å². The highest BCUT2D eigenvalue weighted by Gasteiger charge is 2.36. The van der Waals surface area contributed by atoms with Crippen molar-refractivity contribution >= 4 is 33.1 Å². The van der Waals surface area contributed by atoms with Crippen LogP contribution in [-0.4, -0.2) is 33.4 Å². The molecule has 0 atom stereocenters. The molecule has 6 nitrogen and oxygen atoms in total. The van der Waals surface area contributed by atoms with E-state index in [0.717, 1.165) is 12.8 Å². The van der Waals surface area contributed by atoms with E-state index in [2.05, 4.69) is 20.5 Å². The standard InChI is InChI=1S/C18H18F3N5OS/c19-18(20,21)12-7-10(9-2-3-9)6-11-13(22)8-14(24-15(11)12)16-25-26-17(28-16)23-4-1-5-27/h6-9,27H,1-5H2,(H2,22,24)(H,23,26). The van der Waals surface area contributed by atoms with Crippen LogP contribution in [0, 0.1) is 0 Å². The Balaban J connectivity index is 1.78. The number of aliphatic hydroxyl groups excluding tert-OH is 1. The predicted octanol–water partition coefficient (Wildman–Crippen LogP) is 4.03. The fraction of sp³-hybridized carbons (Fsp3) is 0.389. The molecule has 10 heteroatoms. The van der Waals surface area contributed by atoms with Crippen LogP contribution in [0.1, 0.15) is 36.3 Å². The van der Waals surface area contributed by atoms with Gasteiger partial charge in [0, 0.05) is 24.2 Å². The Morgan fingerprint density at radius 3 is 2.68 bits per heavy atom. The van der Waals surface area contributed by atoms with Crippen LogP contribution in [0.5, 0.6) is 0 Å². The van der Waals surface area contributed by atoms with Crippen molar-refractivity contribution in [2.45, 2.75) is 31.4 Å². The second kappa shape index (κ2) is 7.17. The molecule has 4 rings (SSSR count). The SMILES string of the molecule is Nc1cc(-c2nnc(NCCCO)s2)nc2c(C(F)(F)F)cc(C3CC3)cc12. The molecule has 0 spiro atoms. The van der Waals surface area contributed by atoms with Gasteiger partial charge in [-0.2, -0.15) is 13.2 Å². The molecule has 148 valence electrons. The monoisotopic (exact) mass is 409 g/mol. The molecule has 0 radical (unpaired) electrons. The Kier molecular flexibility index (Phi) is 4.84. The van der Waals surface area contributed by atoms with Gasteiger partial charge in [0.25, 0.3) is 0 Å². The molecule has 0 aliphatic heterocycles. The van der Waals surface area contributed by atoms with E-state index in [1.54, 1.807) is 6.07 Å². The number of nitrogens with zero attached hydrogens (tertiary/aromatic N) is 3. The number of alkyl halides is 3. The number of hydrogen-bond donors (Lipinski definition) is 3. The van der Waals surface area contributed by atoms with Crippen molar-refractivity contribution in [3.05, 3.63) is 29.3 Å². The summed E-state index contributed by atoms with van der Waals surface area (Å²) < 4.78 is 41.1. The van der Waals surface area contributed by atoms with E-state index < -0.39 is 11.7 Å². The smallest absolute Gasteiger partial charge is 0.398 e. The lowest BCUT2D eigenvalue weighted by atomic mass is 10.0. The molecular weight excluding hydrogens is 391 g/mol. The molecule has 4 N–H and O–H groups in total. The maximum Gasteiger partial charge on any atom is 0.418 e. The minimum atomic E-state index is -4.53. The number of aliphatic hydroxyl groups is 1. The van der Waals surface area contributed by atoms with Gasteiger partial charge in [-0.1, -0.05) is 11.3 Å². The molecule has 0 bridgehead atoms. The number of halogens is 3. The van der Waals surface area contributed by atoms with Crippen molar-refractivity contribution < 1.29 is 18.3 Å². The first-order valence-corrected chi connectivity index (χ1v) is 9.68. The summed E-state index contributed by atoms with van der Waals surface area (Å²) in [5.41, 5.74) is 6.31. The lowest BCUT2D eigenvalue weighted by molar-refractivity contribution is -0.136. The maximum atomic E-state index is 13.7. The van der Waals surface area contributed by atoms with Gasteiger partial charge in [0.15, 0.2) is 5.01 Å². The molecule has 3 aromatic rings. The molecule has 1 saturated carbocycles. The average molecular weight is 409 g/mol. The molecule has 0 amide bonds. The van der Waals surface area contributed by atoms with Gasteiger partial charge in [0.2, 0.25) is 5.13 Å². The van der Waals surface area contributed by atoms with Crippen molar-refractivity contribution in [1.82, 2.24) is 15.2 Å². The minimum absolute atomic E-state index is 0.0461. The molecule has 28 heavy (non-hydrogen) atoms. The summed E-state index contributed by atoms with van der Waals surface area (Å²) in [5, 5.41) is 21.0. The van der Waals surface area contributed by atoms with Crippen molar-refractivity contribution in [1.29, 1.82) is 0 Å². The number of nitrogens with one attached hydrogen (secondary N) is 1. The van der Waals surface area contributed by atoms with E-state index in [1.807, 2.05) is 0 Å². The van der Waals surface area contributed by atoms with E-state index in [-0.39, 0.29) is 29.4 Å². The van der Waals surface area contributed by atoms with Crippen molar-refractivity contribution in [3.63, 3.8) is 0 Å². The summed E-state index contributed by atoms with van der Waals surface area (Å²) in [7, 11) is 0. The summed E-state index contributed by atoms with van der Waals surface area (Å²) in [4.78, 5) is 4.24. The van der Waals surface area contributed by atoms with Gasteiger partial charge >= 0.3 is 6.18 Å². The largest absolute Gasteiger partial charge is 0.418 e. The third-order valence-corrected chi connectivity index (χ3v) is 5.48. The van der Waals surface area contributed by atoms with Crippen LogP contribution >= 0.6 is 11.3 Å². The van der Waals surface area contributed by atoms with Crippen LogP contribution in [0.2, 0.25) is 0 Å². The topological polar surface area (TPSA) is 97.0 Å². The number of hydrogen-bond acceptors (Lipinski definition) is 7. The zero-order chi connectivity index (χ0) is 19.9. The summed E-state index contributed by atoms with van der Waals surface area (Å²) in [5.74, 6) is 0.167. The van der Waals surface area contributed by atoms with Crippen LogP contribution in [0.25, 0.3) is 21.6 Å². The normalized spacial score (nSPS) is 14.6. The van der Waals surface area contributed by atoms with Gasteiger partial charge in [-0.15, -0.1) is 10.2 Å². The quantitative estimate of drug-likeness (QED) is 0.532. The van der Waals surface area contributed by atoms with Crippen molar-refractivity contribution in [2.75, 3.05) is 24.2 Å². The van der Waals surface area contributed by atoms with Gasteiger partial charge in [-0.3, -0.25) is 0 Å². The highest BCUT2D eigenvalue weighted by atomic mass is 32.1. The number of anilines is 2. The van der Waals surface area contributed by atoms with Gasteiger partial charge in [0.05, 0.1) is 11.1 Å². The lowest BCUT2D eigenvalue weighted by Crippen LogP contribution is -2.09. The van der Waals surface area contributed by atoms with Gasteiger partial charge < -0.3 is 16.2 Å². The maximum absolute atomic E-state index is 13.7. The first kappa shape index (κ1) is 18.9. The molecule has 1 fully saturated rings. The Morgan fingerprint density at radius 1 is 1.21 bits per heavy atom. The van der Waals surface area contributed by atoms with E-state index >= 15 is 0 Å². The Bertz CT molecular complexity index is 1020. The van der Waals surface area contributed by atoms with Crippen LogP contribution in [0.15, 0.2) is 18.2 Å². The molecule has 1 aliphatic rings. The van der Waals surface area contributed by atoms with Crippen LogP contribution in [0.4, 0.5) is 24.0 Å². The summed E-state index contributed by atoms with van der Waals surface area (Å²) >= 11 is 1.17. The number of pyridine rings is 1. The van der Waals surface area contributed by atoms with Crippen LogP contribution < -0.4 is 11.1 Å². The summed E-state index contributed by atoms with van der Waals surface area (Å²) in [6.07, 6.45) is -2.19. The average Bonchev–Trinajstić information content (AvgIpc) is 3.39. The molecule has 0 saturated heterocycles. The zero-order valence-electron chi connectivity index (χ0n) is 14.8. The van der Waals surface area contributed by atoms with E-state index in [1.165, 1.54) is 23.5 Å². The number of nitrogen functional groups attached to an aromatic ring is 1. The second-order valence-electron chi connectivity index (χ2n) is 6.75. The molecule has 2 heterocycles. The van der Waals surface area contributed by atoms with Crippen molar-refractivity contribution in [3.8, 4) is 10.7 Å². The highest BCUT2D eigenvalue weighted by molar-refractivity contribution is 7.18. The number of aromatic nitrogens is 3. The molecule has 2 aromatic heterocycles. The molecule has 1 aliphatic carbocycles. The lowest BCUT2D eigenvalue weighted by Gasteiger charge is -2.14. The molecular formula is C18H18F3N5OS. The number of benzene rings is 1. The zero-order valence-corrected chi connectivity index (χ0v) is 15.6. The first-order chi connectivity index (χ1) is 13.4. The van der Waals surface area contributed by atoms with Gasteiger partial charge in [-0.05, 0) is 48.9 Å². The third kappa shape index (κ3) is 3.74. The number of nitrogens with two attached hydrogens (primary N) is 1.